The largest absolute Gasteiger partial charge is 0.316 e. The van der Waals surface area contributed by atoms with Crippen LogP contribution >= 0.6 is 11.3 Å². The fraction of sp³-hybridized carbons (Fsp3) is 0.714. The first-order chi connectivity index (χ1) is 8.42. The van der Waals surface area contributed by atoms with Gasteiger partial charge >= 0.3 is 0 Å². The van der Waals surface area contributed by atoms with Gasteiger partial charge in [0, 0.05) is 24.0 Å². The number of aryl methyl sites for hydroxylation is 1. The van der Waals surface area contributed by atoms with Gasteiger partial charge in [-0.2, -0.15) is 0 Å². The van der Waals surface area contributed by atoms with E-state index in [9.17, 15) is 0 Å². The van der Waals surface area contributed by atoms with E-state index < -0.39 is 0 Å². The second-order valence-electron chi connectivity index (χ2n) is 5.84. The first-order valence-corrected chi connectivity index (χ1v) is 7.81. The zero-order valence-corrected chi connectivity index (χ0v) is 11.0. The molecule has 1 N–H and O–H groups in total. The summed E-state index contributed by atoms with van der Waals surface area (Å²) in [5.74, 6) is 1.86. The third-order valence-corrected chi connectivity index (χ3v) is 5.88. The van der Waals surface area contributed by atoms with E-state index in [0.29, 0.717) is 0 Å². The zero-order valence-electron chi connectivity index (χ0n) is 10.2. The summed E-state index contributed by atoms with van der Waals surface area (Å²) in [7, 11) is 0. The van der Waals surface area contributed by atoms with Crippen LogP contribution in [0.15, 0.2) is 11.4 Å². The molecule has 0 saturated carbocycles. The second-order valence-corrected chi connectivity index (χ2v) is 6.84. The number of thiophene rings is 1. The van der Waals surface area contributed by atoms with Crippen LogP contribution in [-0.4, -0.2) is 31.1 Å². The second kappa shape index (κ2) is 4.08. The molecule has 2 fully saturated rings. The van der Waals surface area contributed by atoms with E-state index in [1.165, 1.54) is 45.4 Å². The number of rotatable bonds is 1. The van der Waals surface area contributed by atoms with Gasteiger partial charge in [-0.25, -0.2) is 0 Å². The molecule has 0 bridgehead atoms. The van der Waals surface area contributed by atoms with E-state index >= 15 is 0 Å². The van der Waals surface area contributed by atoms with Crippen LogP contribution in [0, 0.1) is 11.8 Å². The van der Waals surface area contributed by atoms with Gasteiger partial charge in [-0.3, -0.25) is 4.90 Å². The fourth-order valence-corrected chi connectivity index (χ4v) is 4.97. The average Bonchev–Trinajstić information content (AvgIpc) is 3.02. The lowest BCUT2D eigenvalue weighted by Crippen LogP contribution is -2.31. The Bertz CT molecular complexity index is 402. The summed E-state index contributed by atoms with van der Waals surface area (Å²) in [4.78, 5) is 4.44. The number of nitrogens with one attached hydrogen (secondary N) is 1. The molecule has 2 nitrogen and oxygen atoms in total. The van der Waals surface area contributed by atoms with Crippen molar-refractivity contribution in [1.29, 1.82) is 0 Å². The highest BCUT2D eigenvalue weighted by atomic mass is 32.1. The molecule has 0 spiro atoms. The number of hydrogen-bond donors (Lipinski definition) is 1. The molecule has 0 amide bonds. The number of hydrogen-bond acceptors (Lipinski definition) is 3. The first-order valence-electron chi connectivity index (χ1n) is 6.93. The van der Waals surface area contributed by atoms with Gasteiger partial charge in [-0.15, -0.1) is 11.3 Å². The van der Waals surface area contributed by atoms with Crippen molar-refractivity contribution in [3.63, 3.8) is 0 Å². The highest BCUT2D eigenvalue weighted by Gasteiger charge is 2.40. The Morgan fingerprint density at radius 1 is 1.24 bits per heavy atom. The van der Waals surface area contributed by atoms with Gasteiger partial charge in [-0.05, 0) is 61.2 Å². The molecule has 0 radical (unpaired) electrons. The van der Waals surface area contributed by atoms with Crippen LogP contribution in [0.5, 0.6) is 0 Å². The summed E-state index contributed by atoms with van der Waals surface area (Å²) >= 11 is 1.97. The quantitative estimate of drug-likeness (QED) is 0.820. The zero-order chi connectivity index (χ0) is 11.2. The van der Waals surface area contributed by atoms with Crippen molar-refractivity contribution in [2.45, 2.75) is 25.3 Å². The molecular weight excluding hydrogens is 228 g/mol. The molecular formula is C14H20N2S. The Balaban J connectivity index is 1.57. The predicted molar refractivity (Wildman–Crippen MR) is 71.4 cm³/mol. The molecule has 2 aliphatic heterocycles. The molecule has 1 unspecified atom stereocenters. The SMILES string of the molecule is c1cc2c(s1)CCCC2N1C[C@H]2CNC[C@H]2C1. The van der Waals surface area contributed by atoms with Crippen molar-refractivity contribution in [1.82, 2.24) is 10.2 Å². The lowest BCUT2D eigenvalue weighted by Gasteiger charge is -2.32. The topological polar surface area (TPSA) is 15.3 Å². The Morgan fingerprint density at radius 2 is 2.06 bits per heavy atom. The average molecular weight is 248 g/mol. The van der Waals surface area contributed by atoms with Crippen molar-refractivity contribution in [2.75, 3.05) is 26.2 Å². The van der Waals surface area contributed by atoms with Gasteiger partial charge in [0.25, 0.3) is 0 Å². The number of fused-ring (bicyclic) bond motifs is 2. The van der Waals surface area contributed by atoms with E-state index in [4.69, 9.17) is 0 Å². The van der Waals surface area contributed by atoms with Crippen molar-refractivity contribution >= 4 is 11.3 Å². The molecule has 0 aromatic carbocycles. The maximum atomic E-state index is 3.54. The van der Waals surface area contributed by atoms with Crippen LogP contribution < -0.4 is 5.32 Å². The minimum Gasteiger partial charge on any atom is -0.316 e. The molecule has 3 atom stereocenters. The van der Waals surface area contributed by atoms with E-state index in [2.05, 4.69) is 21.7 Å². The summed E-state index contributed by atoms with van der Waals surface area (Å²) in [6.45, 7) is 5.17. The minimum atomic E-state index is 0.746. The lowest BCUT2D eigenvalue weighted by molar-refractivity contribution is 0.207. The van der Waals surface area contributed by atoms with E-state index in [-0.39, 0.29) is 0 Å². The normalized spacial score (nSPS) is 37.1. The van der Waals surface area contributed by atoms with Crippen LogP contribution in [0.1, 0.15) is 29.3 Å². The Hall–Kier alpha value is -0.380. The Labute approximate surface area is 107 Å². The minimum absolute atomic E-state index is 0.746. The predicted octanol–water partition coefficient (Wildman–Crippen LogP) is 2.28. The molecule has 4 rings (SSSR count). The summed E-state index contributed by atoms with van der Waals surface area (Å²) in [6, 6.07) is 3.13. The van der Waals surface area contributed by atoms with Crippen LogP contribution in [0.3, 0.4) is 0 Å². The van der Waals surface area contributed by atoms with Crippen LogP contribution in [0.4, 0.5) is 0 Å². The summed E-state index contributed by atoms with van der Waals surface area (Å²) < 4.78 is 0. The number of likely N-dealkylation sites (tertiary alicyclic amines) is 1. The smallest absolute Gasteiger partial charge is 0.0359 e. The van der Waals surface area contributed by atoms with Gasteiger partial charge < -0.3 is 5.32 Å². The maximum absolute atomic E-state index is 3.54. The molecule has 2 saturated heterocycles. The number of nitrogens with zero attached hydrogens (tertiary/aromatic N) is 1. The monoisotopic (exact) mass is 248 g/mol. The fourth-order valence-electron chi connectivity index (χ4n) is 3.99. The third-order valence-electron chi connectivity index (χ3n) is 4.88. The molecule has 1 aromatic heterocycles. The van der Waals surface area contributed by atoms with Gasteiger partial charge in [0.1, 0.15) is 0 Å². The van der Waals surface area contributed by atoms with Gasteiger partial charge in [0.05, 0.1) is 0 Å². The van der Waals surface area contributed by atoms with Crippen LogP contribution in [-0.2, 0) is 6.42 Å². The molecule has 1 aromatic rings. The molecule has 3 aliphatic rings. The first kappa shape index (κ1) is 10.5. The van der Waals surface area contributed by atoms with E-state index in [1.54, 1.807) is 10.4 Å². The highest BCUT2D eigenvalue weighted by Crippen LogP contribution is 2.41. The summed E-state index contributed by atoms with van der Waals surface area (Å²) in [5.41, 5.74) is 1.66. The maximum Gasteiger partial charge on any atom is 0.0359 e. The van der Waals surface area contributed by atoms with Gasteiger partial charge in [0.15, 0.2) is 0 Å². The molecule has 3 heterocycles. The van der Waals surface area contributed by atoms with Gasteiger partial charge in [0.2, 0.25) is 0 Å². The van der Waals surface area contributed by atoms with Crippen molar-refractivity contribution in [3.8, 4) is 0 Å². The molecule has 3 heteroatoms. The highest BCUT2D eigenvalue weighted by molar-refractivity contribution is 7.10. The van der Waals surface area contributed by atoms with Crippen molar-refractivity contribution in [2.24, 2.45) is 11.8 Å². The molecule has 17 heavy (non-hydrogen) atoms. The summed E-state index contributed by atoms with van der Waals surface area (Å²) in [5, 5.41) is 5.83. The molecule has 92 valence electrons. The lowest BCUT2D eigenvalue weighted by atomic mass is 9.93. The van der Waals surface area contributed by atoms with Gasteiger partial charge in [-0.1, -0.05) is 0 Å². The standard InChI is InChI=1S/C14H20N2S/c1-2-13(12-4-5-17-14(12)3-1)16-8-10-6-15-7-11(10)9-16/h4-5,10-11,13,15H,1-3,6-9H2/t10-,11+,13?. The summed E-state index contributed by atoms with van der Waals surface area (Å²) in [6.07, 6.45) is 4.10. The Kier molecular flexibility index (Phi) is 2.53. The van der Waals surface area contributed by atoms with E-state index in [0.717, 1.165) is 17.9 Å². The van der Waals surface area contributed by atoms with E-state index in [1.807, 2.05) is 11.3 Å². The van der Waals surface area contributed by atoms with Crippen LogP contribution in [0.2, 0.25) is 0 Å². The molecule has 1 aliphatic carbocycles. The van der Waals surface area contributed by atoms with Crippen LogP contribution in [0.25, 0.3) is 0 Å². The Morgan fingerprint density at radius 3 is 2.88 bits per heavy atom. The third kappa shape index (κ3) is 1.67. The van der Waals surface area contributed by atoms with Crippen molar-refractivity contribution in [3.05, 3.63) is 21.9 Å². The van der Waals surface area contributed by atoms with Crippen molar-refractivity contribution < 1.29 is 0 Å².